The van der Waals surface area contributed by atoms with E-state index in [1.165, 1.54) is 0 Å². The highest BCUT2D eigenvalue weighted by Crippen LogP contribution is 2.34. The molecule has 2 saturated heterocycles. The van der Waals surface area contributed by atoms with Crippen LogP contribution >= 0.6 is 23.1 Å². The fourth-order valence-electron chi connectivity index (χ4n) is 3.85. The van der Waals surface area contributed by atoms with Crippen molar-refractivity contribution in [3.8, 4) is 5.75 Å². The standard InChI is InChI=1S/C23H19N3O4S2/c27-20(30-16-9-7-14(8-10-16)12-19-21(28)25-23(29)32-19)13-15-4-3-11-26(15)22-24-17-5-1-2-6-18(17)31-22/h1-2,5-10,12,15H,3-4,11,13H2,(H,25,28,29)/b19-12-/t15-/m0/s1. The van der Waals surface area contributed by atoms with Crippen molar-refractivity contribution in [1.82, 2.24) is 10.3 Å². The largest absolute Gasteiger partial charge is 0.426 e. The third-order valence-corrected chi connectivity index (χ3v) is 7.24. The predicted octanol–water partition coefficient (Wildman–Crippen LogP) is 4.58. The number of carbonyl (C=O) groups excluding carboxylic acids is 3. The van der Waals surface area contributed by atoms with Crippen molar-refractivity contribution in [3.63, 3.8) is 0 Å². The number of carbonyl (C=O) groups is 3. The molecule has 0 aliphatic carbocycles. The molecule has 32 heavy (non-hydrogen) atoms. The molecule has 5 rings (SSSR count). The van der Waals surface area contributed by atoms with Crippen LogP contribution in [0.25, 0.3) is 16.3 Å². The first-order chi connectivity index (χ1) is 15.5. The molecule has 2 aliphatic rings. The van der Waals surface area contributed by atoms with E-state index in [2.05, 4.69) is 16.3 Å². The molecule has 2 aliphatic heterocycles. The first-order valence-electron chi connectivity index (χ1n) is 10.2. The highest BCUT2D eigenvalue weighted by atomic mass is 32.2. The number of rotatable bonds is 5. The molecule has 9 heteroatoms. The lowest BCUT2D eigenvalue weighted by Crippen LogP contribution is -2.32. The average molecular weight is 466 g/mol. The van der Waals surface area contributed by atoms with Crippen LogP contribution in [0.1, 0.15) is 24.8 Å². The monoisotopic (exact) mass is 465 g/mol. The number of hydrogen-bond donors (Lipinski definition) is 1. The Morgan fingerprint density at radius 3 is 2.75 bits per heavy atom. The van der Waals surface area contributed by atoms with Gasteiger partial charge in [-0.3, -0.25) is 19.7 Å². The number of benzene rings is 2. The van der Waals surface area contributed by atoms with Gasteiger partial charge in [0, 0.05) is 12.6 Å². The molecule has 3 heterocycles. The summed E-state index contributed by atoms with van der Waals surface area (Å²) in [6.07, 6.45) is 3.87. The van der Waals surface area contributed by atoms with Crippen molar-refractivity contribution in [3.05, 3.63) is 59.0 Å². The lowest BCUT2D eigenvalue weighted by molar-refractivity contribution is -0.134. The number of esters is 1. The summed E-state index contributed by atoms with van der Waals surface area (Å²) >= 11 is 2.52. The van der Waals surface area contributed by atoms with Gasteiger partial charge in [0.25, 0.3) is 11.1 Å². The minimum absolute atomic E-state index is 0.0718. The molecular formula is C23H19N3O4S2. The Bertz CT molecular complexity index is 1200. The molecule has 0 radical (unpaired) electrons. The van der Waals surface area contributed by atoms with Gasteiger partial charge in [0.15, 0.2) is 5.13 Å². The fraction of sp³-hybridized carbons (Fsp3) is 0.217. The molecule has 2 fully saturated rings. The summed E-state index contributed by atoms with van der Waals surface area (Å²) in [6, 6.07) is 15.0. The number of fused-ring (bicyclic) bond motifs is 1. The molecule has 2 aromatic carbocycles. The predicted molar refractivity (Wildman–Crippen MR) is 126 cm³/mol. The van der Waals surface area contributed by atoms with Gasteiger partial charge in [0.1, 0.15) is 5.75 Å². The van der Waals surface area contributed by atoms with Crippen LogP contribution in [0.3, 0.4) is 0 Å². The van der Waals surface area contributed by atoms with Gasteiger partial charge in [-0.2, -0.15) is 0 Å². The normalized spacial score (nSPS) is 19.7. The summed E-state index contributed by atoms with van der Waals surface area (Å²) in [5.41, 5.74) is 1.73. The topological polar surface area (TPSA) is 88.6 Å². The maximum absolute atomic E-state index is 12.6. The van der Waals surface area contributed by atoms with E-state index in [1.54, 1.807) is 41.7 Å². The molecule has 0 saturated carbocycles. The van der Waals surface area contributed by atoms with Crippen molar-refractivity contribution < 1.29 is 19.1 Å². The summed E-state index contributed by atoms with van der Waals surface area (Å²) in [5, 5.41) is 2.80. The highest BCUT2D eigenvalue weighted by molar-refractivity contribution is 8.18. The van der Waals surface area contributed by atoms with E-state index in [-0.39, 0.29) is 17.3 Å². The Morgan fingerprint density at radius 1 is 1.19 bits per heavy atom. The second kappa shape index (κ2) is 8.76. The number of hydrogen-bond acceptors (Lipinski definition) is 8. The Kier molecular flexibility index (Phi) is 5.67. The van der Waals surface area contributed by atoms with E-state index in [0.717, 1.165) is 52.1 Å². The molecule has 3 aromatic rings. The quantitative estimate of drug-likeness (QED) is 0.335. The number of thiazole rings is 1. The van der Waals surface area contributed by atoms with E-state index < -0.39 is 5.91 Å². The summed E-state index contributed by atoms with van der Waals surface area (Å²) < 4.78 is 6.68. The highest BCUT2D eigenvalue weighted by Gasteiger charge is 2.30. The Morgan fingerprint density at radius 2 is 2.00 bits per heavy atom. The SMILES string of the molecule is O=C(C[C@@H]1CCCN1c1nc2ccccc2s1)Oc1ccc(/C=C2\SC(=O)NC2=O)cc1. The first kappa shape index (κ1) is 20.7. The molecule has 0 spiro atoms. The molecule has 1 atom stereocenters. The van der Waals surface area contributed by atoms with E-state index in [1.807, 2.05) is 18.2 Å². The molecular weight excluding hydrogens is 446 g/mol. The van der Waals surface area contributed by atoms with Crippen molar-refractivity contribution in [2.24, 2.45) is 0 Å². The maximum atomic E-state index is 12.6. The van der Waals surface area contributed by atoms with Crippen LogP contribution < -0.4 is 15.0 Å². The van der Waals surface area contributed by atoms with Gasteiger partial charge in [-0.15, -0.1) is 0 Å². The number of nitrogens with one attached hydrogen (secondary N) is 1. The molecule has 0 unspecified atom stereocenters. The van der Waals surface area contributed by atoms with Crippen molar-refractivity contribution in [2.45, 2.75) is 25.3 Å². The maximum Gasteiger partial charge on any atom is 0.313 e. The van der Waals surface area contributed by atoms with Gasteiger partial charge in [-0.25, -0.2) is 4.98 Å². The van der Waals surface area contributed by atoms with Crippen LogP contribution in [-0.2, 0) is 9.59 Å². The molecule has 162 valence electrons. The Labute approximate surface area is 192 Å². The summed E-state index contributed by atoms with van der Waals surface area (Å²) in [6.45, 7) is 0.884. The zero-order valence-corrected chi connectivity index (χ0v) is 18.6. The second-order valence-corrected chi connectivity index (χ2v) is 9.58. The van der Waals surface area contributed by atoms with Gasteiger partial charge in [-0.1, -0.05) is 35.6 Å². The molecule has 0 bridgehead atoms. The van der Waals surface area contributed by atoms with Gasteiger partial charge < -0.3 is 9.64 Å². The van der Waals surface area contributed by atoms with Gasteiger partial charge >= 0.3 is 5.97 Å². The van der Waals surface area contributed by atoms with Crippen LogP contribution in [-0.4, -0.2) is 34.7 Å². The van der Waals surface area contributed by atoms with Crippen molar-refractivity contribution in [2.75, 3.05) is 11.4 Å². The van der Waals surface area contributed by atoms with Crippen LogP contribution in [0.15, 0.2) is 53.4 Å². The van der Waals surface area contributed by atoms with Gasteiger partial charge in [-0.05, 0) is 60.5 Å². The minimum atomic E-state index is -0.398. The summed E-state index contributed by atoms with van der Waals surface area (Å²) in [7, 11) is 0. The lowest BCUT2D eigenvalue weighted by atomic mass is 10.1. The van der Waals surface area contributed by atoms with Gasteiger partial charge in [0.2, 0.25) is 0 Å². The number of ether oxygens (including phenoxy) is 1. The average Bonchev–Trinajstić information content (AvgIpc) is 3.47. The molecule has 1 aromatic heterocycles. The fourth-order valence-corrected chi connectivity index (χ4v) is 5.60. The Balaban J connectivity index is 1.22. The van der Waals surface area contributed by atoms with E-state index in [0.29, 0.717) is 17.1 Å². The summed E-state index contributed by atoms with van der Waals surface area (Å²) in [4.78, 5) is 42.8. The van der Waals surface area contributed by atoms with E-state index in [9.17, 15) is 14.4 Å². The zero-order valence-electron chi connectivity index (χ0n) is 16.9. The van der Waals surface area contributed by atoms with Crippen LogP contribution in [0, 0.1) is 0 Å². The second-order valence-electron chi connectivity index (χ2n) is 7.55. The van der Waals surface area contributed by atoms with Crippen LogP contribution in [0.2, 0.25) is 0 Å². The zero-order chi connectivity index (χ0) is 22.1. The van der Waals surface area contributed by atoms with Crippen molar-refractivity contribution >= 4 is 61.6 Å². The number of anilines is 1. The third-order valence-electron chi connectivity index (χ3n) is 5.36. The van der Waals surface area contributed by atoms with Crippen LogP contribution in [0.5, 0.6) is 5.75 Å². The number of amides is 2. The Hall–Kier alpha value is -3.17. The number of nitrogens with zero attached hydrogens (tertiary/aromatic N) is 2. The lowest BCUT2D eigenvalue weighted by Gasteiger charge is -2.23. The number of aromatic nitrogens is 1. The van der Waals surface area contributed by atoms with E-state index in [4.69, 9.17) is 9.72 Å². The first-order valence-corrected chi connectivity index (χ1v) is 11.9. The number of para-hydroxylation sites is 1. The number of imide groups is 1. The molecule has 2 amide bonds. The molecule has 1 N–H and O–H groups in total. The smallest absolute Gasteiger partial charge is 0.313 e. The number of thioether (sulfide) groups is 1. The third kappa shape index (κ3) is 4.39. The van der Waals surface area contributed by atoms with E-state index >= 15 is 0 Å². The van der Waals surface area contributed by atoms with Crippen LogP contribution in [0.4, 0.5) is 9.93 Å². The molecule has 7 nitrogen and oxygen atoms in total. The van der Waals surface area contributed by atoms with Crippen molar-refractivity contribution in [1.29, 1.82) is 0 Å². The van der Waals surface area contributed by atoms with Gasteiger partial charge in [0.05, 0.1) is 21.5 Å². The minimum Gasteiger partial charge on any atom is -0.426 e. The summed E-state index contributed by atoms with van der Waals surface area (Å²) in [5.74, 6) is -0.239.